The molecule has 1 heterocycles. The molecule has 1 aliphatic heterocycles. The van der Waals surface area contributed by atoms with Gasteiger partial charge in [-0.2, -0.15) is 0 Å². The first-order valence-electron chi connectivity index (χ1n) is 10.5. The quantitative estimate of drug-likeness (QED) is 0.229. The zero-order valence-corrected chi connectivity index (χ0v) is 18.8. The number of methoxy groups -OCH3 is 1. The molecule has 1 aliphatic rings. The number of carbonyl (C=O) groups excluding carboxylic acids is 3. The third-order valence-electron chi connectivity index (χ3n) is 5.24. The Morgan fingerprint density at radius 2 is 1.72 bits per heavy atom. The number of para-hydroxylation sites is 1. The van der Waals surface area contributed by atoms with Crippen molar-refractivity contribution in [2.75, 3.05) is 12.0 Å². The molecule has 0 aromatic heterocycles. The fraction of sp³-hybridized carbons (Fsp3) is 0.0800. The molecule has 1 N–H and O–H groups in total. The Bertz CT molecular complexity index is 1410. The van der Waals surface area contributed by atoms with E-state index in [-0.39, 0.29) is 29.4 Å². The molecule has 0 radical (unpaired) electrons. The Labute approximate surface area is 203 Å². The molecule has 4 rings (SSSR count). The summed E-state index contributed by atoms with van der Waals surface area (Å²) < 4.78 is 25.3. The largest absolute Gasteiger partial charge is 0.493 e. The highest BCUT2D eigenvalue weighted by Crippen LogP contribution is 2.37. The van der Waals surface area contributed by atoms with Crippen molar-refractivity contribution in [2.24, 2.45) is 0 Å². The number of hydrogen-bond acceptors (Lipinski definition) is 7. The van der Waals surface area contributed by atoms with Crippen LogP contribution in [0.3, 0.4) is 0 Å². The van der Waals surface area contributed by atoms with Crippen molar-refractivity contribution in [3.05, 3.63) is 99.4 Å². The lowest BCUT2D eigenvalue weighted by atomic mass is 10.0. The fourth-order valence-electron chi connectivity index (χ4n) is 3.51. The number of nitrogens with one attached hydrogen (secondary N) is 1. The molecule has 3 aromatic carbocycles. The van der Waals surface area contributed by atoms with E-state index in [1.54, 1.807) is 0 Å². The van der Waals surface area contributed by atoms with Crippen molar-refractivity contribution in [1.29, 1.82) is 0 Å². The van der Waals surface area contributed by atoms with Gasteiger partial charge in [0, 0.05) is 0 Å². The van der Waals surface area contributed by atoms with Crippen LogP contribution in [0.15, 0.2) is 72.3 Å². The average Bonchev–Trinajstić information content (AvgIpc) is 2.86. The molecule has 0 saturated carbocycles. The lowest BCUT2D eigenvalue weighted by Crippen LogP contribution is -2.54. The molecule has 36 heavy (non-hydrogen) atoms. The van der Waals surface area contributed by atoms with Crippen LogP contribution in [0.5, 0.6) is 11.5 Å². The smallest absolute Gasteiger partial charge is 0.336 e. The summed E-state index contributed by atoms with van der Waals surface area (Å²) >= 11 is 0. The summed E-state index contributed by atoms with van der Waals surface area (Å²) in [5.41, 5.74) is -0.821. The van der Waals surface area contributed by atoms with E-state index in [1.807, 2.05) is 35.6 Å². The maximum Gasteiger partial charge on any atom is 0.336 e. The van der Waals surface area contributed by atoms with E-state index in [4.69, 9.17) is 9.47 Å². The minimum absolute atomic E-state index is 0.0674. The number of imide groups is 2. The number of nitro groups is 1. The highest BCUT2D eigenvalue weighted by molar-refractivity contribution is 6.39. The normalized spacial score (nSPS) is 14.6. The molecule has 0 atom stereocenters. The van der Waals surface area contributed by atoms with Crippen LogP contribution >= 0.6 is 0 Å². The van der Waals surface area contributed by atoms with Gasteiger partial charge in [-0.1, -0.05) is 42.5 Å². The lowest BCUT2D eigenvalue weighted by Gasteiger charge is -2.26. The number of hydrogen-bond donors (Lipinski definition) is 1. The number of barbiturate groups is 1. The van der Waals surface area contributed by atoms with Gasteiger partial charge in [0.25, 0.3) is 17.5 Å². The lowest BCUT2D eigenvalue weighted by molar-refractivity contribution is -0.385. The van der Waals surface area contributed by atoms with Gasteiger partial charge < -0.3 is 9.47 Å². The molecule has 0 bridgehead atoms. The van der Waals surface area contributed by atoms with E-state index < -0.39 is 39.8 Å². The number of halogens is 1. The van der Waals surface area contributed by atoms with Crippen LogP contribution < -0.4 is 19.7 Å². The molecular weight excluding hydrogens is 473 g/mol. The summed E-state index contributed by atoms with van der Waals surface area (Å²) in [7, 11) is 1.32. The van der Waals surface area contributed by atoms with Crippen molar-refractivity contribution < 1.29 is 33.2 Å². The monoisotopic (exact) mass is 491 g/mol. The molecule has 0 aliphatic carbocycles. The summed E-state index contributed by atoms with van der Waals surface area (Å²) in [5, 5.41) is 13.8. The average molecular weight is 491 g/mol. The van der Waals surface area contributed by atoms with E-state index >= 15 is 0 Å². The third kappa shape index (κ3) is 4.75. The Morgan fingerprint density at radius 3 is 2.39 bits per heavy atom. The standard InChI is InChI=1S/C25H18FN3O7/c1-35-21-12-16(20(29(33)34)13-22(21)36-14-15-7-3-2-4-8-15)11-17-23(30)27-25(32)28(24(17)31)19-10-6-5-9-18(19)26/h2-13H,14H2,1H3,(H,27,30,32)/b17-11-. The molecule has 4 amide bonds. The minimum atomic E-state index is -1.15. The molecule has 0 spiro atoms. The van der Waals surface area contributed by atoms with Crippen molar-refractivity contribution in [1.82, 2.24) is 5.32 Å². The molecule has 1 fully saturated rings. The summed E-state index contributed by atoms with van der Waals surface area (Å²) in [6.07, 6.45) is 0.944. The number of benzene rings is 3. The summed E-state index contributed by atoms with van der Waals surface area (Å²) in [5.74, 6) is -2.93. The van der Waals surface area contributed by atoms with Crippen LogP contribution in [0.1, 0.15) is 11.1 Å². The van der Waals surface area contributed by atoms with E-state index in [0.29, 0.717) is 4.90 Å². The van der Waals surface area contributed by atoms with Crippen LogP contribution in [0, 0.1) is 15.9 Å². The zero-order valence-electron chi connectivity index (χ0n) is 18.8. The summed E-state index contributed by atoms with van der Waals surface area (Å²) in [6.45, 7) is 0.107. The van der Waals surface area contributed by atoms with Crippen LogP contribution in [0.4, 0.5) is 20.6 Å². The van der Waals surface area contributed by atoms with Crippen molar-refractivity contribution >= 4 is 35.3 Å². The van der Waals surface area contributed by atoms with Gasteiger partial charge in [0.15, 0.2) is 11.5 Å². The van der Waals surface area contributed by atoms with E-state index in [1.165, 1.54) is 31.4 Å². The van der Waals surface area contributed by atoms with Gasteiger partial charge in [0.05, 0.1) is 29.4 Å². The molecule has 0 unspecified atom stereocenters. The SMILES string of the molecule is COc1cc(/C=C2/C(=O)NC(=O)N(c3ccccc3F)C2=O)c([N+](=O)[O-])cc1OCc1ccccc1. The molecule has 182 valence electrons. The second-order valence-electron chi connectivity index (χ2n) is 7.50. The topological polar surface area (TPSA) is 128 Å². The molecule has 1 saturated heterocycles. The third-order valence-corrected chi connectivity index (χ3v) is 5.24. The number of nitrogens with zero attached hydrogens (tertiary/aromatic N) is 2. The van der Waals surface area contributed by atoms with Crippen LogP contribution in [0.25, 0.3) is 6.08 Å². The van der Waals surface area contributed by atoms with Gasteiger partial charge in [0.1, 0.15) is 18.0 Å². The Balaban J connectivity index is 1.74. The van der Waals surface area contributed by atoms with Crippen LogP contribution in [-0.4, -0.2) is 29.9 Å². The Morgan fingerprint density at radius 1 is 1.03 bits per heavy atom. The van der Waals surface area contributed by atoms with Gasteiger partial charge in [0.2, 0.25) is 0 Å². The first-order chi connectivity index (χ1) is 17.3. The molecule has 11 heteroatoms. The van der Waals surface area contributed by atoms with Crippen LogP contribution in [0.2, 0.25) is 0 Å². The number of ether oxygens (including phenoxy) is 2. The molecule has 3 aromatic rings. The summed E-state index contributed by atoms with van der Waals surface area (Å²) in [4.78, 5) is 49.4. The van der Waals surface area contributed by atoms with Crippen molar-refractivity contribution in [3.63, 3.8) is 0 Å². The van der Waals surface area contributed by atoms with Crippen LogP contribution in [-0.2, 0) is 16.2 Å². The number of urea groups is 1. The maximum atomic E-state index is 14.3. The number of carbonyl (C=O) groups is 3. The second kappa shape index (κ2) is 10.1. The summed E-state index contributed by atoms with van der Waals surface area (Å²) in [6, 6.07) is 15.3. The Hall–Kier alpha value is -5.06. The number of anilines is 1. The van der Waals surface area contributed by atoms with Gasteiger partial charge in [-0.15, -0.1) is 0 Å². The highest BCUT2D eigenvalue weighted by Gasteiger charge is 2.38. The van der Waals surface area contributed by atoms with Gasteiger partial charge >= 0.3 is 6.03 Å². The molecular formula is C25H18FN3O7. The van der Waals surface area contributed by atoms with E-state index in [9.17, 15) is 28.9 Å². The second-order valence-corrected chi connectivity index (χ2v) is 7.50. The predicted molar refractivity (Wildman–Crippen MR) is 126 cm³/mol. The van der Waals surface area contributed by atoms with Crippen molar-refractivity contribution in [2.45, 2.75) is 6.61 Å². The fourth-order valence-corrected chi connectivity index (χ4v) is 3.51. The first kappa shape index (κ1) is 24.1. The maximum absolute atomic E-state index is 14.3. The predicted octanol–water partition coefficient (Wildman–Crippen LogP) is 3.99. The van der Waals surface area contributed by atoms with Gasteiger partial charge in [-0.25, -0.2) is 14.1 Å². The zero-order chi connectivity index (χ0) is 25.8. The van der Waals surface area contributed by atoms with Gasteiger partial charge in [-0.05, 0) is 29.8 Å². The number of amides is 4. The highest BCUT2D eigenvalue weighted by atomic mass is 19.1. The molecule has 10 nitrogen and oxygen atoms in total. The van der Waals surface area contributed by atoms with Crippen molar-refractivity contribution in [3.8, 4) is 11.5 Å². The number of rotatable bonds is 7. The van der Waals surface area contributed by atoms with E-state index in [2.05, 4.69) is 0 Å². The number of nitro benzene ring substituents is 1. The minimum Gasteiger partial charge on any atom is -0.493 e. The first-order valence-corrected chi connectivity index (χ1v) is 10.5. The van der Waals surface area contributed by atoms with Gasteiger partial charge in [-0.3, -0.25) is 25.0 Å². The Kier molecular flexibility index (Phi) is 6.72. The van der Waals surface area contributed by atoms with E-state index in [0.717, 1.165) is 23.8 Å².